The topological polar surface area (TPSA) is 76.8 Å². The summed E-state index contributed by atoms with van der Waals surface area (Å²) in [6.07, 6.45) is 1.09. The Bertz CT molecular complexity index is 1050. The van der Waals surface area contributed by atoms with Crippen molar-refractivity contribution in [3.63, 3.8) is 0 Å². The number of nitrogens with zero attached hydrogens (tertiary/aromatic N) is 4. The number of aryl methyl sites for hydroxylation is 3. The fourth-order valence-electron chi connectivity index (χ4n) is 3.73. The third-order valence-electron chi connectivity index (χ3n) is 5.51. The van der Waals surface area contributed by atoms with E-state index in [9.17, 15) is 0 Å². The Balaban J connectivity index is 1.63. The summed E-state index contributed by atoms with van der Waals surface area (Å²) in [7, 11) is 0. The molecule has 1 aromatic carbocycles. The summed E-state index contributed by atoms with van der Waals surface area (Å²) in [4.78, 5) is 11.6. The molecule has 1 fully saturated rings. The maximum absolute atomic E-state index is 6.02. The number of benzene rings is 1. The monoisotopic (exact) mass is 422 g/mol. The number of epoxide rings is 1. The molecule has 0 spiro atoms. The molecule has 1 aliphatic heterocycles. The van der Waals surface area contributed by atoms with Gasteiger partial charge in [-0.1, -0.05) is 12.1 Å². The van der Waals surface area contributed by atoms with Crippen LogP contribution < -0.4 is 9.64 Å². The quantitative estimate of drug-likeness (QED) is 0.466. The van der Waals surface area contributed by atoms with Gasteiger partial charge in [0, 0.05) is 29.9 Å². The zero-order valence-electron chi connectivity index (χ0n) is 18.9. The van der Waals surface area contributed by atoms with E-state index in [1.54, 1.807) is 0 Å². The zero-order chi connectivity index (χ0) is 22.0. The Hall–Kier alpha value is -2.93. The fraction of sp³-hybridized carbons (Fsp3) is 0.458. The van der Waals surface area contributed by atoms with Crippen LogP contribution in [0.1, 0.15) is 37.6 Å². The number of anilines is 1. The van der Waals surface area contributed by atoms with Crippen LogP contribution in [0.4, 0.5) is 5.82 Å². The first-order valence-electron chi connectivity index (χ1n) is 11.0. The first-order valence-corrected chi connectivity index (χ1v) is 11.0. The van der Waals surface area contributed by atoms with E-state index < -0.39 is 0 Å². The lowest BCUT2D eigenvalue weighted by atomic mass is 10.0. The normalized spacial score (nSPS) is 15.2. The predicted molar refractivity (Wildman–Crippen MR) is 121 cm³/mol. The van der Waals surface area contributed by atoms with Crippen molar-refractivity contribution in [2.45, 2.75) is 47.1 Å². The van der Waals surface area contributed by atoms with Crippen LogP contribution in [-0.2, 0) is 11.2 Å². The molecule has 4 rings (SSSR count). The van der Waals surface area contributed by atoms with Gasteiger partial charge in [0.25, 0.3) is 5.89 Å². The Morgan fingerprint density at radius 3 is 2.48 bits per heavy atom. The van der Waals surface area contributed by atoms with Gasteiger partial charge in [-0.2, -0.15) is 4.98 Å². The second-order valence-corrected chi connectivity index (χ2v) is 7.85. The highest BCUT2D eigenvalue weighted by atomic mass is 16.6. The fourth-order valence-corrected chi connectivity index (χ4v) is 3.73. The van der Waals surface area contributed by atoms with Gasteiger partial charge in [0.15, 0.2) is 0 Å². The molecule has 31 heavy (non-hydrogen) atoms. The number of ether oxygens (including phenoxy) is 2. The molecule has 0 unspecified atom stereocenters. The van der Waals surface area contributed by atoms with E-state index in [0.29, 0.717) is 18.3 Å². The number of hydrogen-bond acceptors (Lipinski definition) is 7. The van der Waals surface area contributed by atoms with Crippen LogP contribution in [0.15, 0.2) is 28.8 Å². The van der Waals surface area contributed by atoms with E-state index in [0.717, 1.165) is 65.6 Å². The molecule has 3 aromatic rings. The highest BCUT2D eigenvalue weighted by molar-refractivity contribution is 5.65. The van der Waals surface area contributed by atoms with E-state index in [1.165, 1.54) is 0 Å². The Morgan fingerprint density at radius 1 is 1.03 bits per heavy atom. The van der Waals surface area contributed by atoms with Crippen LogP contribution in [0, 0.1) is 13.8 Å². The van der Waals surface area contributed by atoms with Crippen molar-refractivity contribution in [2.24, 2.45) is 0 Å². The Labute approximate surface area is 183 Å². The molecule has 7 heteroatoms. The molecule has 0 radical (unpaired) electrons. The number of aromatic nitrogens is 3. The number of rotatable bonds is 9. The van der Waals surface area contributed by atoms with E-state index >= 15 is 0 Å². The maximum atomic E-state index is 6.02. The maximum Gasteiger partial charge on any atom is 0.258 e. The van der Waals surface area contributed by atoms with Gasteiger partial charge in [0.1, 0.15) is 24.3 Å². The molecule has 2 aromatic heterocycles. The lowest BCUT2D eigenvalue weighted by Gasteiger charge is -2.20. The zero-order valence-corrected chi connectivity index (χ0v) is 18.9. The number of hydrogen-bond donors (Lipinski definition) is 0. The molecule has 1 atom stereocenters. The molecule has 0 amide bonds. The van der Waals surface area contributed by atoms with Gasteiger partial charge >= 0.3 is 0 Å². The highest BCUT2D eigenvalue weighted by Gasteiger charge is 2.24. The Morgan fingerprint density at radius 2 is 1.81 bits per heavy atom. The van der Waals surface area contributed by atoms with Gasteiger partial charge in [-0.25, -0.2) is 4.98 Å². The van der Waals surface area contributed by atoms with Crippen LogP contribution in [0.2, 0.25) is 0 Å². The summed E-state index contributed by atoms with van der Waals surface area (Å²) in [5.74, 6) is 2.92. The minimum Gasteiger partial charge on any atom is -0.490 e. The van der Waals surface area contributed by atoms with Crippen molar-refractivity contribution < 1.29 is 14.0 Å². The highest BCUT2D eigenvalue weighted by Crippen LogP contribution is 2.32. The van der Waals surface area contributed by atoms with Crippen molar-refractivity contribution in [3.05, 3.63) is 41.1 Å². The summed E-state index contributed by atoms with van der Waals surface area (Å²) in [5, 5.41) is 4.26. The lowest BCUT2D eigenvalue weighted by molar-refractivity contribution is 0.260. The van der Waals surface area contributed by atoms with Gasteiger partial charge in [0.05, 0.1) is 6.61 Å². The van der Waals surface area contributed by atoms with E-state index in [2.05, 4.69) is 59.9 Å². The third kappa shape index (κ3) is 4.71. The van der Waals surface area contributed by atoms with Crippen LogP contribution in [0.3, 0.4) is 0 Å². The van der Waals surface area contributed by atoms with Crippen molar-refractivity contribution in [1.82, 2.24) is 15.1 Å². The summed E-state index contributed by atoms with van der Waals surface area (Å²) >= 11 is 0. The molecule has 7 nitrogen and oxygen atoms in total. The molecule has 164 valence electrons. The molecular weight excluding hydrogens is 392 g/mol. The van der Waals surface area contributed by atoms with Crippen molar-refractivity contribution in [2.75, 3.05) is 31.2 Å². The third-order valence-corrected chi connectivity index (χ3v) is 5.51. The molecule has 0 saturated carbocycles. The minimum absolute atomic E-state index is 0.230. The van der Waals surface area contributed by atoms with Gasteiger partial charge in [0.2, 0.25) is 5.82 Å². The first-order chi connectivity index (χ1) is 15.0. The number of pyridine rings is 1. The molecular formula is C24H30N4O3. The average molecular weight is 423 g/mol. The van der Waals surface area contributed by atoms with Gasteiger partial charge in [-0.05, 0) is 69.5 Å². The van der Waals surface area contributed by atoms with Gasteiger partial charge in [-0.3, -0.25) is 0 Å². The minimum atomic E-state index is 0.230. The summed E-state index contributed by atoms with van der Waals surface area (Å²) < 4.78 is 16.9. The first kappa shape index (κ1) is 21.3. The summed E-state index contributed by atoms with van der Waals surface area (Å²) in [5.41, 5.74) is 4.92. The second kappa shape index (κ2) is 9.06. The molecule has 0 N–H and O–H groups in total. The molecule has 1 saturated heterocycles. The average Bonchev–Trinajstić information content (AvgIpc) is 3.45. The van der Waals surface area contributed by atoms with Gasteiger partial charge < -0.3 is 18.9 Å². The smallest absolute Gasteiger partial charge is 0.258 e. The second-order valence-electron chi connectivity index (χ2n) is 7.85. The van der Waals surface area contributed by atoms with Crippen LogP contribution in [0.5, 0.6) is 5.75 Å². The predicted octanol–water partition coefficient (Wildman–Crippen LogP) is 4.60. The van der Waals surface area contributed by atoms with Crippen LogP contribution in [0.25, 0.3) is 22.8 Å². The van der Waals surface area contributed by atoms with E-state index in [4.69, 9.17) is 14.0 Å². The van der Waals surface area contributed by atoms with Crippen molar-refractivity contribution >= 4 is 5.82 Å². The lowest BCUT2D eigenvalue weighted by Crippen LogP contribution is -2.23. The summed E-state index contributed by atoms with van der Waals surface area (Å²) in [6.45, 7) is 13.6. The molecule has 1 aliphatic rings. The van der Waals surface area contributed by atoms with Crippen LogP contribution in [-0.4, -0.2) is 47.5 Å². The SMILES string of the molecule is CCc1cc(-c2noc(-c3cc(C)nc(N(CC)CC)c3)n2)cc(C)c1OC[C@H]1CO1. The van der Waals surface area contributed by atoms with Crippen molar-refractivity contribution in [1.29, 1.82) is 0 Å². The van der Waals surface area contributed by atoms with E-state index in [1.807, 2.05) is 19.1 Å². The molecule has 3 heterocycles. The largest absolute Gasteiger partial charge is 0.490 e. The Kier molecular flexibility index (Phi) is 6.23. The van der Waals surface area contributed by atoms with Crippen LogP contribution >= 0.6 is 0 Å². The molecule has 0 aliphatic carbocycles. The van der Waals surface area contributed by atoms with E-state index in [-0.39, 0.29) is 6.10 Å². The van der Waals surface area contributed by atoms with Gasteiger partial charge in [-0.15, -0.1) is 0 Å². The van der Waals surface area contributed by atoms with Crippen molar-refractivity contribution in [3.8, 4) is 28.6 Å². The summed E-state index contributed by atoms with van der Waals surface area (Å²) in [6, 6.07) is 8.13. The standard InChI is InChI=1S/C24H30N4O3/c1-6-17-11-18(9-15(4)22(17)30-14-20-13-29-20)23-26-24(31-27-23)19-10-16(5)25-21(12-19)28(7-2)8-3/h9-12,20H,6-8,13-14H2,1-5H3/t20-/m1/s1. The molecule has 0 bridgehead atoms.